The van der Waals surface area contributed by atoms with Crippen LogP contribution in [0.15, 0.2) is 12.1 Å². The third-order valence-electron chi connectivity index (χ3n) is 1.94. The minimum absolute atomic E-state index is 0.221. The maximum absolute atomic E-state index is 13.0. The second-order valence-electron chi connectivity index (χ2n) is 2.78. The maximum atomic E-state index is 13.0. The Morgan fingerprint density at radius 3 is 2.25 bits per heavy atom. The molecule has 0 aliphatic carbocycles. The van der Waals surface area contributed by atoms with Gasteiger partial charge in [-0.25, -0.2) is 4.39 Å². The molecule has 0 atom stereocenters. The molecule has 0 aliphatic rings. The molecule has 0 aromatic heterocycles. The lowest BCUT2D eigenvalue weighted by Gasteiger charge is -2.06. The SMILES string of the molecule is Cc1cc(F)c(CN)cc1CN. The van der Waals surface area contributed by atoms with Gasteiger partial charge in [-0.3, -0.25) is 0 Å². The van der Waals surface area contributed by atoms with Gasteiger partial charge in [0.05, 0.1) is 0 Å². The molecular weight excluding hydrogens is 155 g/mol. The van der Waals surface area contributed by atoms with E-state index in [0.29, 0.717) is 12.1 Å². The normalized spacial score (nSPS) is 10.3. The smallest absolute Gasteiger partial charge is 0.127 e. The van der Waals surface area contributed by atoms with Gasteiger partial charge >= 0.3 is 0 Å². The van der Waals surface area contributed by atoms with Crippen LogP contribution in [0.1, 0.15) is 16.7 Å². The first-order chi connectivity index (χ1) is 5.69. The van der Waals surface area contributed by atoms with Crippen molar-refractivity contribution in [3.8, 4) is 0 Å². The Kier molecular flexibility index (Phi) is 2.78. The first-order valence-electron chi connectivity index (χ1n) is 3.87. The molecule has 66 valence electrons. The van der Waals surface area contributed by atoms with Crippen molar-refractivity contribution in [1.29, 1.82) is 0 Å². The van der Waals surface area contributed by atoms with Gasteiger partial charge in [0.1, 0.15) is 5.82 Å². The van der Waals surface area contributed by atoms with Crippen LogP contribution in [-0.2, 0) is 13.1 Å². The van der Waals surface area contributed by atoms with Crippen LogP contribution in [0.2, 0.25) is 0 Å². The van der Waals surface area contributed by atoms with Gasteiger partial charge in [0.15, 0.2) is 0 Å². The van der Waals surface area contributed by atoms with Crippen LogP contribution >= 0.6 is 0 Å². The summed E-state index contributed by atoms with van der Waals surface area (Å²) in [6.07, 6.45) is 0. The van der Waals surface area contributed by atoms with Crippen LogP contribution in [0, 0.1) is 12.7 Å². The summed E-state index contributed by atoms with van der Waals surface area (Å²) in [5, 5.41) is 0. The first kappa shape index (κ1) is 9.16. The fraction of sp³-hybridized carbons (Fsp3) is 0.333. The third kappa shape index (κ3) is 1.62. The van der Waals surface area contributed by atoms with Crippen molar-refractivity contribution < 1.29 is 4.39 Å². The van der Waals surface area contributed by atoms with E-state index < -0.39 is 0 Å². The molecule has 0 aliphatic heterocycles. The fourth-order valence-corrected chi connectivity index (χ4v) is 1.14. The number of aryl methyl sites for hydroxylation is 1. The van der Waals surface area contributed by atoms with Crippen molar-refractivity contribution in [3.63, 3.8) is 0 Å². The molecule has 0 radical (unpaired) electrons. The van der Waals surface area contributed by atoms with E-state index in [1.165, 1.54) is 6.07 Å². The average molecular weight is 168 g/mol. The molecule has 0 saturated heterocycles. The van der Waals surface area contributed by atoms with Gasteiger partial charge in [-0.15, -0.1) is 0 Å². The topological polar surface area (TPSA) is 52.0 Å². The Bertz CT molecular complexity index is 259. The summed E-state index contributed by atoms with van der Waals surface area (Å²) in [6, 6.07) is 3.20. The minimum Gasteiger partial charge on any atom is -0.326 e. The van der Waals surface area contributed by atoms with Crippen molar-refractivity contribution in [2.45, 2.75) is 20.0 Å². The third-order valence-corrected chi connectivity index (χ3v) is 1.94. The summed E-state index contributed by atoms with van der Waals surface area (Å²) in [7, 11) is 0. The molecule has 0 bridgehead atoms. The maximum Gasteiger partial charge on any atom is 0.127 e. The number of benzene rings is 1. The van der Waals surface area contributed by atoms with Gasteiger partial charge in [-0.1, -0.05) is 6.07 Å². The lowest BCUT2D eigenvalue weighted by atomic mass is 10.0. The standard InChI is InChI=1S/C9H13FN2/c1-6-2-9(10)8(5-12)3-7(6)4-11/h2-3H,4-5,11-12H2,1H3. The van der Waals surface area contributed by atoms with Gasteiger partial charge in [0.2, 0.25) is 0 Å². The monoisotopic (exact) mass is 168 g/mol. The Labute approximate surface area is 71.4 Å². The highest BCUT2D eigenvalue weighted by molar-refractivity contribution is 5.32. The van der Waals surface area contributed by atoms with E-state index in [1.807, 2.05) is 6.92 Å². The Hall–Kier alpha value is -0.930. The molecule has 1 rings (SSSR count). The zero-order chi connectivity index (χ0) is 9.14. The molecular formula is C9H13FN2. The fourth-order valence-electron chi connectivity index (χ4n) is 1.14. The molecule has 0 unspecified atom stereocenters. The molecule has 12 heavy (non-hydrogen) atoms. The highest BCUT2D eigenvalue weighted by Crippen LogP contribution is 2.14. The summed E-state index contributed by atoms with van der Waals surface area (Å²) >= 11 is 0. The summed E-state index contributed by atoms with van der Waals surface area (Å²) < 4.78 is 13.0. The van der Waals surface area contributed by atoms with Crippen LogP contribution in [0.5, 0.6) is 0 Å². The van der Waals surface area contributed by atoms with Gasteiger partial charge in [-0.2, -0.15) is 0 Å². The predicted molar refractivity (Wildman–Crippen MR) is 46.9 cm³/mol. The molecule has 4 N–H and O–H groups in total. The molecule has 0 spiro atoms. The second kappa shape index (κ2) is 3.65. The van der Waals surface area contributed by atoms with Crippen LogP contribution in [0.3, 0.4) is 0 Å². The van der Waals surface area contributed by atoms with Crippen molar-refractivity contribution in [3.05, 3.63) is 34.6 Å². The highest BCUT2D eigenvalue weighted by Gasteiger charge is 2.04. The average Bonchev–Trinajstić information content (AvgIpc) is 2.05. The molecule has 0 saturated carbocycles. The van der Waals surface area contributed by atoms with E-state index in [9.17, 15) is 4.39 Å². The summed E-state index contributed by atoms with van der Waals surface area (Å²) in [5.41, 5.74) is 13.2. The lowest BCUT2D eigenvalue weighted by Crippen LogP contribution is -2.05. The van der Waals surface area contributed by atoms with Gasteiger partial charge in [0, 0.05) is 18.7 Å². The van der Waals surface area contributed by atoms with E-state index in [1.54, 1.807) is 6.07 Å². The number of rotatable bonds is 2. The summed E-state index contributed by atoms with van der Waals surface area (Å²) in [6.45, 7) is 2.49. The van der Waals surface area contributed by atoms with Gasteiger partial charge in [0.25, 0.3) is 0 Å². The van der Waals surface area contributed by atoms with E-state index in [4.69, 9.17) is 11.5 Å². The molecule has 0 heterocycles. The van der Waals surface area contributed by atoms with Crippen LogP contribution in [-0.4, -0.2) is 0 Å². The molecule has 1 aromatic rings. The highest BCUT2D eigenvalue weighted by atomic mass is 19.1. The first-order valence-corrected chi connectivity index (χ1v) is 3.87. The molecule has 0 amide bonds. The molecule has 2 nitrogen and oxygen atoms in total. The number of hydrogen-bond donors (Lipinski definition) is 2. The molecule has 1 aromatic carbocycles. The zero-order valence-corrected chi connectivity index (χ0v) is 7.10. The van der Waals surface area contributed by atoms with E-state index in [-0.39, 0.29) is 12.4 Å². The van der Waals surface area contributed by atoms with Gasteiger partial charge < -0.3 is 11.5 Å². The number of hydrogen-bond acceptors (Lipinski definition) is 2. The van der Waals surface area contributed by atoms with Gasteiger partial charge in [-0.05, 0) is 24.1 Å². The summed E-state index contributed by atoms with van der Waals surface area (Å²) in [4.78, 5) is 0. The second-order valence-corrected chi connectivity index (χ2v) is 2.78. The Morgan fingerprint density at radius 1 is 1.17 bits per heavy atom. The molecule has 3 heteroatoms. The zero-order valence-electron chi connectivity index (χ0n) is 7.10. The molecule has 0 fully saturated rings. The van der Waals surface area contributed by atoms with Crippen LogP contribution in [0.25, 0.3) is 0 Å². The minimum atomic E-state index is -0.243. The number of nitrogens with two attached hydrogens (primary N) is 2. The number of halogens is 1. The largest absolute Gasteiger partial charge is 0.326 e. The quantitative estimate of drug-likeness (QED) is 0.693. The Morgan fingerprint density at radius 2 is 1.75 bits per heavy atom. The Balaban J connectivity index is 3.18. The van der Waals surface area contributed by atoms with Crippen LogP contribution in [0.4, 0.5) is 4.39 Å². The van der Waals surface area contributed by atoms with Crippen LogP contribution < -0.4 is 11.5 Å². The van der Waals surface area contributed by atoms with E-state index >= 15 is 0 Å². The van der Waals surface area contributed by atoms with E-state index in [0.717, 1.165) is 11.1 Å². The summed E-state index contributed by atoms with van der Waals surface area (Å²) in [5.74, 6) is -0.243. The van der Waals surface area contributed by atoms with E-state index in [2.05, 4.69) is 0 Å². The van der Waals surface area contributed by atoms with Crippen molar-refractivity contribution >= 4 is 0 Å². The van der Waals surface area contributed by atoms with Crippen molar-refractivity contribution in [2.75, 3.05) is 0 Å². The lowest BCUT2D eigenvalue weighted by molar-refractivity contribution is 0.608. The van der Waals surface area contributed by atoms with Crippen molar-refractivity contribution in [2.24, 2.45) is 11.5 Å². The predicted octanol–water partition coefficient (Wildman–Crippen LogP) is 1.05. The van der Waals surface area contributed by atoms with Crippen molar-refractivity contribution in [1.82, 2.24) is 0 Å².